The average molecular weight is 458 g/mol. The van der Waals surface area contributed by atoms with Crippen LogP contribution in [-0.2, 0) is 13.1 Å². The number of nitrogens with zero attached hydrogens (tertiary/aromatic N) is 4. The summed E-state index contributed by atoms with van der Waals surface area (Å²) in [5, 5.41) is 2.89. The number of imidazole rings is 1. The Morgan fingerprint density at radius 1 is 1.14 bits per heavy atom. The van der Waals surface area contributed by atoms with Crippen LogP contribution in [0.1, 0.15) is 23.1 Å². The average Bonchev–Trinajstić information content (AvgIpc) is 3.04. The zero-order valence-corrected chi connectivity index (χ0v) is 18.5. The number of rotatable bonds is 5. The van der Waals surface area contributed by atoms with Crippen molar-refractivity contribution in [2.24, 2.45) is 0 Å². The summed E-state index contributed by atoms with van der Waals surface area (Å²) in [5.41, 5.74) is 2.99. The summed E-state index contributed by atoms with van der Waals surface area (Å²) in [4.78, 5) is 32.7. The summed E-state index contributed by atoms with van der Waals surface area (Å²) < 4.78 is 2.88. The summed E-state index contributed by atoms with van der Waals surface area (Å²) in [5.74, 6) is 0.700. The van der Waals surface area contributed by atoms with E-state index in [1.807, 2.05) is 43.3 Å². The quantitative estimate of drug-likeness (QED) is 0.624. The molecular weight excluding hydrogens is 434 g/mol. The largest absolute Gasteiger partial charge is 0.345 e. The van der Waals surface area contributed by atoms with Gasteiger partial charge >= 0.3 is 6.03 Å². The first kappa shape index (κ1) is 20.9. The van der Waals surface area contributed by atoms with Gasteiger partial charge in [-0.1, -0.05) is 12.1 Å². The molecule has 0 aliphatic rings. The van der Waals surface area contributed by atoms with Crippen molar-refractivity contribution >= 4 is 44.6 Å². The first-order valence-corrected chi connectivity index (χ1v) is 10.1. The van der Waals surface area contributed by atoms with Crippen LogP contribution >= 0.6 is 15.9 Å². The van der Waals surface area contributed by atoms with Crippen LogP contribution in [0.25, 0.3) is 11.0 Å². The van der Waals surface area contributed by atoms with Crippen molar-refractivity contribution in [2.45, 2.75) is 20.0 Å². The predicted octanol–water partition coefficient (Wildman–Crippen LogP) is 4.18. The van der Waals surface area contributed by atoms with E-state index in [0.29, 0.717) is 24.3 Å². The number of carbonyl (C=O) groups is 2. The molecule has 0 saturated heterocycles. The first-order valence-electron chi connectivity index (χ1n) is 9.29. The second kappa shape index (κ2) is 8.65. The number of nitrogens with one attached hydrogen (secondary N) is 1. The van der Waals surface area contributed by atoms with Crippen LogP contribution < -0.4 is 5.32 Å². The van der Waals surface area contributed by atoms with Gasteiger partial charge in [0.25, 0.3) is 5.91 Å². The Hall–Kier alpha value is -2.87. The molecule has 152 valence electrons. The van der Waals surface area contributed by atoms with Crippen molar-refractivity contribution in [2.75, 3.05) is 26.5 Å². The van der Waals surface area contributed by atoms with E-state index in [1.54, 1.807) is 37.0 Å². The molecule has 1 N–H and O–H groups in total. The van der Waals surface area contributed by atoms with Crippen LogP contribution in [-0.4, -0.2) is 52.4 Å². The highest BCUT2D eigenvalue weighted by Crippen LogP contribution is 2.22. The highest BCUT2D eigenvalue weighted by Gasteiger charge is 2.17. The number of aryl methyl sites for hydroxylation is 1. The Labute approximate surface area is 178 Å². The number of benzene rings is 2. The van der Waals surface area contributed by atoms with Crippen molar-refractivity contribution < 1.29 is 9.59 Å². The van der Waals surface area contributed by atoms with E-state index in [-0.39, 0.29) is 11.9 Å². The van der Waals surface area contributed by atoms with Gasteiger partial charge in [-0.15, -0.1) is 0 Å². The van der Waals surface area contributed by atoms with Gasteiger partial charge in [-0.3, -0.25) is 4.79 Å². The number of halogens is 1. The molecule has 3 aromatic rings. The third kappa shape index (κ3) is 4.42. The van der Waals surface area contributed by atoms with Crippen molar-refractivity contribution in [1.82, 2.24) is 19.4 Å². The van der Waals surface area contributed by atoms with Crippen molar-refractivity contribution in [1.29, 1.82) is 0 Å². The minimum atomic E-state index is -0.227. The Balaban J connectivity index is 1.84. The van der Waals surface area contributed by atoms with E-state index >= 15 is 0 Å². The summed E-state index contributed by atoms with van der Waals surface area (Å²) in [7, 11) is 5.18. The zero-order chi connectivity index (χ0) is 21.1. The van der Waals surface area contributed by atoms with Crippen molar-refractivity contribution in [3.8, 4) is 0 Å². The number of hydrogen-bond acceptors (Lipinski definition) is 3. The molecule has 0 radical (unpaired) electrons. The molecule has 0 atom stereocenters. The first-order chi connectivity index (χ1) is 13.8. The Bertz CT molecular complexity index is 1060. The second-order valence-electron chi connectivity index (χ2n) is 6.94. The van der Waals surface area contributed by atoms with Crippen molar-refractivity contribution in [3.63, 3.8) is 0 Å². The van der Waals surface area contributed by atoms with Gasteiger partial charge in [0.15, 0.2) is 0 Å². The lowest BCUT2D eigenvalue weighted by atomic mass is 10.2. The van der Waals surface area contributed by atoms with Crippen molar-refractivity contribution in [3.05, 3.63) is 58.3 Å². The molecule has 2 aromatic carbocycles. The molecule has 0 bridgehead atoms. The lowest BCUT2D eigenvalue weighted by Gasteiger charge is -2.18. The third-order valence-corrected chi connectivity index (χ3v) is 5.33. The molecule has 1 heterocycles. The number of hydrogen-bond donors (Lipinski definition) is 1. The molecular formula is C21H24BrN5O2. The van der Waals surface area contributed by atoms with Gasteiger partial charge in [0.2, 0.25) is 0 Å². The molecule has 7 nitrogen and oxygen atoms in total. The molecule has 1 aromatic heterocycles. The molecule has 0 unspecified atom stereocenters. The summed E-state index contributed by atoms with van der Waals surface area (Å²) in [6, 6.07) is 12.8. The second-order valence-corrected chi connectivity index (χ2v) is 7.80. The molecule has 3 rings (SSSR count). The van der Waals surface area contributed by atoms with E-state index in [4.69, 9.17) is 4.98 Å². The fourth-order valence-electron chi connectivity index (χ4n) is 3.10. The highest BCUT2D eigenvalue weighted by molar-refractivity contribution is 9.10. The van der Waals surface area contributed by atoms with Crippen LogP contribution in [0.2, 0.25) is 0 Å². The van der Waals surface area contributed by atoms with Crippen LogP contribution in [0.3, 0.4) is 0 Å². The molecule has 0 fully saturated rings. The number of carbonyl (C=O) groups excluding carboxylic acids is 2. The molecule has 3 amide bonds. The van der Waals surface area contributed by atoms with Crippen LogP contribution in [0.15, 0.2) is 46.9 Å². The van der Waals surface area contributed by atoms with Crippen LogP contribution in [0.4, 0.5) is 10.5 Å². The summed E-state index contributed by atoms with van der Waals surface area (Å²) >= 11 is 3.43. The normalized spacial score (nSPS) is 10.8. The lowest BCUT2D eigenvalue weighted by Crippen LogP contribution is -2.32. The van der Waals surface area contributed by atoms with Gasteiger partial charge < -0.3 is 19.7 Å². The predicted molar refractivity (Wildman–Crippen MR) is 118 cm³/mol. The van der Waals surface area contributed by atoms with Crippen LogP contribution in [0.5, 0.6) is 0 Å². The maximum atomic E-state index is 12.6. The maximum Gasteiger partial charge on any atom is 0.322 e. The van der Waals surface area contributed by atoms with E-state index in [2.05, 4.69) is 25.8 Å². The monoisotopic (exact) mass is 457 g/mol. The van der Waals surface area contributed by atoms with Gasteiger partial charge in [-0.25, -0.2) is 9.78 Å². The maximum absolute atomic E-state index is 12.6. The standard InChI is InChI=1S/C21H24BrN5O2/c1-5-27-18-11-10-14(20(28)25(2)3)12-17(18)23-19(27)13-26(4)21(29)24-16-9-7-6-8-15(16)22/h6-12H,5,13H2,1-4H3,(H,24,29). The molecule has 0 saturated carbocycles. The minimum Gasteiger partial charge on any atom is -0.345 e. The molecule has 0 aliphatic heterocycles. The van der Waals surface area contributed by atoms with Crippen LogP contribution in [0, 0.1) is 0 Å². The fourth-order valence-corrected chi connectivity index (χ4v) is 3.49. The van der Waals surface area contributed by atoms with Gasteiger partial charge in [0.05, 0.1) is 23.3 Å². The van der Waals surface area contributed by atoms with Gasteiger partial charge in [0, 0.05) is 37.7 Å². The van der Waals surface area contributed by atoms with E-state index in [1.165, 1.54) is 0 Å². The lowest BCUT2D eigenvalue weighted by molar-refractivity contribution is 0.0827. The summed E-state index contributed by atoms with van der Waals surface area (Å²) in [6.45, 7) is 3.09. The number of para-hydroxylation sites is 1. The van der Waals surface area contributed by atoms with Gasteiger partial charge in [0.1, 0.15) is 5.82 Å². The topological polar surface area (TPSA) is 70.5 Å². The molecule has 0 spiro atoms. The Morgan fingerprint density at radius 3 is 2.52 bits per heavy atom. The smallest absolute Gasteiger partial charge is 0.322 e. The molecule has 0 aliphatic carbocycles. The SMILES string of the molecule is CCn1c(CN(C)C(=O)Nc2ccccc2Br)nc2cc(C(=O)N(C)C)ccc21. The number of amides is 3. The molecule has 29 heavy (non-hydrogen) atoms. The number of urea groups is 1. The number of aromatic nitrogens is 2. The number of anilines is 1. The van der Waals surface area contributed by atoms with E-state index < -0.39 is 0 Å². The van der Waals surface area contributed by atoms with E-state index in [9.17, 15) is 9.59 Å². The summed E-state index contributed by atoms with van der Waals surface area (Å²) in [6.07, 6.45) is 0. The van der Waals surface area contributed by atoms with Gasteiger partial charge in [-0.2, -0.15) is 0 Å². The Kier molecular flexibility index (Phi) is 6.22. The third-order valence-electron chi connectivity index (χ3n) is 4.64. The molecule has 8 heteroatoms. The highest BCUT2D eigenvalue weighted by atomic mass is 79.9. The minimum absolute atomic E-state index is 0.0653. The Morgan fingerprint density at radius 2 is 1.86 bits per heavy atom. The van der Waals surface area contributed by atoms with E-state index in [0.717, 1.165) is 21.3 Å². The number of fused-ring (bicyclic) bond motifs is 1. The van der Waals surface area contributed by atoms with Gasteiger partial charge in [-0.05, 0) is 53.2 Å². The zero-order valence-electron chi connectivity index (χ0n) is 16.9. The fraction of sp³-hybridized carbons (Fsp3) is 0.286.